The summed E-state index contributed by atoms with van der Waals surface area (Å²) in [4.78, 5) is 15.2. The molecule has 0 fully saturated rings. The van der Waals surface area contributed by atoms with Gasteiger partial charge in [0.1, 0.15) is 5.69 Å². The van der Waals surface area contributed by atoms with Gasteiger partial charge in [-0.1, -0.05) is 0 Å². The van der Waals surface area contributed by atoms with E-state index >= 15 is 0 Å². The zero-order valence-electron chi connectivity index (χ0n) is 11.4. The number of hydrogen-bond acceptors (Lipinski definition) is 6. The van der Waals surface area contributed by atoms with Crippen LogP contribution in [0.5, 0.6) is 0 Å². The lowest BCUT2D eigenvalue weighted by Gasteiger charge is -2.23. The van der Waals surface area contributed by atoms with E-state index in [9.17, 15) is 13.2 Å². The molecule has 0 aliphatic heterocycles. The molecule has 1 rings (SSSR count). The lowest BCUT2D eigenvalue weighted by atomic mass is 10.2. The smallest absolute Gasteiger partial charge is 0.356 e. The number of aromatic nitrogens is 1. The van der Waals surface area contributed by atoms with Crippen molar-refractivity contribution in [1.29, 1.82) is 0 Å². The van der Waals surface area contributed by atoms with Crippen LogP contribution < -0.4 is 5.32 Å². The highest BCUT2D eigenvalue weighted by Gasteiger charge is 2.29. The highest BCUT2D eigenvalue weighted by Crippen LogP contribution is 2.17. The molecular weight excluding hydrogens is 268 g/mol. The van der Waals surface area contributed by atoms with Gasteiger partial charge in [-0.25, -0.2) is 18.2 Å². The fourth-order valence-electron chi connectivity index (χ4n) is 1.20. The van der Waals surface area contributed by atoms with E-state index in [1.807, 2.05) is 0 Å². The van der Waals surface area contributed by atoms with Crippen molar-refractivity contribution in [2.75, 3.05) is 25.2 Å². The van der Waals surface area contributed by atoms with E-state index in [1.54, 1.807) is 19.9 Å². The van der Waals surface area contributed by atoms with Crippen LogP contribution in [0.1, 0.15) is 24.3 Å². The number of pyridine rings is 1. The summed E-state index contributed by atoms with van der Waals surface area (Å²) in [5, 5.41) is 2.98. The third kappa shape index (κ3) is 3.92. The minimum atomic E-state index is -3.17. The minimum absolute atomic E-state index is 0.171. The van der Waals surface area contributed by atoms with Gasteiger partial charge in [0.2, 0.25) is 0 Å². The number of methoxy groups -OCH3 is 1. The van der Waals surface area contributed by atoms with Crippen LogP contribution in [0, 0.1) is 0 Å². The van der Waals surface area contributed by atoms with Gasteiger partial charge in [0.15, 0.2) is 9.84 Å². The number of carbonyl (C=O) groups is 1. The zero-order chi connectivity index (χ0) is 14.7. The quantitative estimate of drug-likeness (QED) is 0.816. The average molecular weight is 286 g/mol. The zero-order valence-corrected chi connectivity index (χ0v) is 12.2. The molecule has 6 nitrogen and oxygen atoms in total. The van der Waals surface area contributed by atoms with Gasteiger partial charge in [0, 0.05) is 24.7 Å². The average Bonchev–Trinajstić information content (AvgIpc) is 2.34. The standard InChI is InChI=1S/C12H18N2O4S/c1-12(2,19(4,16)17)8-14-9-5-6-13-10(7-9)11(15)18-3/h5-7H,8H2,1-4H3,(H,13,14). The number of carbonyl (C=O) groups excluding carboxylic acids is 1. The van der Waals surface area contributed by atoms with Gasteiger partial charge in [-0.3, -0.25) is 0 Å². The van der Waals surface area contributed by atoms with Crippen molar-refractivity contribution in [1.82, 2.24) is 4.98 Å². The SMILES string of the molecule is COC(=O)c1cc(NCC(C)(C)S(C)(=O)=O)ccn1. The van der Waals surface area contributed by atoms with Crippen LogP contribution >= 0.6 is 0 Å². The summed E-state index contributed by atoms with van der Waals surface area (Å²) < 4.78 is 26.8. The van der Waals surface area contributed by atoms with Crippen molar-refractivity contribution in [3.05, 3.63) is 24.0 Å². The summed E-state index contributed by atoms with van der Waals surface area (Å²) in [6, 6.07) is 3.18. The van der Waals surface area contributed by atoms with Gasteiger partial charge in [-0.2, -0.15) is 0 Å². The topological polar surface area (TPSA) is 85.4 Å². The summed E-state index contributed by atoms with van der Waals surface area (Å²) >= 11 is 0. The van der Waals surface area contributed by atoms with Crippen molar-refractivity contribution in [2.45, 2.75) is 18.6 Å². The van der Waals surface area contributed by atoms with E-state index in [0.29, 0.717) is 5.69 Å². The fourth-order valence-corrected chi connectivity index (χ4v) is 1.54. The van der Waals surface area contributed by atoms with E-state index < -0.39 is 20.6 Å². The second-order valence-corrected chi connectivity index (χ2v) is 7.46. The Morgan fingerprint density at radius 2 is 2.11 bits per heavy atom. The Morgan fingerprint density at radius 3 is 2.63 bits per heavy atom. The number of anilines is 1. The van der Waals surface area contributed by atoms with Crippen LogP contribution in [0.2, 0.25) is 0 Å². The van der Waals surface area contributed by atoms with Crippen LogP contribution in [-0.4, -0.2) is 44.0 Å². The summed E-state index contributed by atoms with van der Waals surface area (Å²) in [6.45, 7) is 3.51. The molecule has 1 heterocycles. The molecule has 0 saturated carbocycles. The highest BCUT2D eigenvalue weighted by molar-refractivity contribution is 7.92. The maximum Gasteiger partial charge on any atom is 0.356 e. The van der Waals surface area contributed by atoms with Crippen molar-refractivity contribution in [3.8, 4) is 0 Å². The summed E-state index contributed by atoms with van der Waals surface area (Å²) in [5.74, 6) is -0.536. The first kappa shape index (κ1) is 15.4. The van der Waals surface area contributed by atoms with E-state index in [0.717, 1.165) is 0 Å². The number of sulfone groups is 1. The molecule has 1 N–H and O–H groups in total. The number of rotatable bonds is 5. The molecule has 0 aliphatic carbocycles. The molecule has 106 valence electrons. The first-order valence-electron chi connectivity index (χ1n) is 5.65. The summed E-state index contributed by atoms with van der Waals surface area (Å²) in [5.41, 5.74) is 0.789. The number of hydrogen-bond donors (Lipinski definition) is 1. The van der Waals surface area contributed by atoms with Gasteiger partial charge < -0.3 is 10.1 Å². The maximum absolute atomic E-state index is 11.6. The third-order valence-electron chi connectivity index (χ3n) is 2.88. The Kier molecular flexibility index (Phi) is 4.52. The molecule has 0 aromatic carbocycles. The molecule has 19 heavy (non-hydrogen) atoms. The monoisotopic (exact) mass is 286 g/mol. The molecule has 0 atom stereocenters. The van der Waals surface area contributed by atoms with Gasteiger partial charge >= 0.3 is 5.97 Å². The number of esters is 1. The van der Waals surface area contributed by atoms with Crippen molar-refractivity contribution in [2.24, 2.45) is 0 Å². The Bertz CT molecular complexity index is 567. The van der Waals surface area contributed by atoms with Crippen molar-refractivity contribution >= 4 is 21.5 Å². The fraction of sp³-hybridized carbons (Fsp3) is 0.500. The molecule has 0 bridgehead atoms. The van der Waals surface area contributed by atoms with Crippen LogP contribution in [0.3, 0.4) is 0 Å². The van der Waals surface area contributed by atoms with Gasteiger partial charge in [0.25, 0.3) is 0 Å². The Balaban J connectivity index is 2.82. The highest BCUT2D eigenvalue weighted by atomic mass is 32.2. The number of nitrogens with zero attached hydrogens (tertiary/aromatic N) is 1. The van der Waals surface area contributed by atoms with Crippen LogP contribution in [0.25, 0.3) is 0 Å². The molecule has 0 aliphatic rings. The van der Waals surface area contributed by atoms with E-state index in [2.05, 4.69) is 15.0 Å². The van der Waals surface area contributed by atoms with Crippen LogP contribution in [-0.2, 0) is 14.6 Å². The van der Waals surface area contributed by atoms with Crippen molar-refractivity contribution < 1.29 is 17.9 Å². The first-order valence-corrected chi connectivity index (χ1v) is 7.54. The maximum atomic E-state index is 11.6. The van der Waals surface area contributed by atoms with E-state index in [-0.39, 0.29) is 12.2 Å². The third-order valence-corrected chi connectivity index (χ3v) is 5.03. The molecule has 0 radical (unpaired) electrons. The molecular formula is C12H18N2O4S. The molecule has 0 saturated heterocycles. The normalized spacial score (nSPS) is 12.0. The lowest BCUT2D eigenvalue weighted by molar-refractivity contribution is 0.0594. The van der Waals surface area contributed by atoms with Crippen LogP contribution in [0.4, 0.5) is 5.69 Å². The van der Waals surface area contributed by atoms with Crippen LogP contribution in [0.15, 0.2) is 18.3 Å². The second kappa shape index (κ2) is 5.56. The number of nitrogens with one attached hydrogen (secondary N) is 1. The summed E-state index contributed by atoms with van der Waals surface area (Å²) in [7, 11) is -1.90. The molecule has 1 aromatic rings. The van der Waals surface area contributed by atoms with Crippen molar-refractivity contribution in [3.63, 3.8) is 0 Å². The Morgan fingerprint density at radius 1 is 1.47 bits per heavy atom. The molecule has 7 heteroatoms. The van der Waals surface area contributed by atoms with Gasteiger partial charge in [-0.15, -0.1) is 0 Å². The molecule has 0 spiro atoms. The van der Waals surface area contributed by atoms with Gasteiger partial charge in [0.05, 0.1) is 11.9 Å². The second-order valence-electron chi connectivity index (χ2n) is 4.81. The lowest BCUT2D eigenvalue weighted by Crippen LogP contribution is -2.38. The Hall–Kier alpha value is -1.63. The molecule has 0 unspecified atom stereocenters. The predicted octanol–water partition coefficient (Wildman–Crippen LogP) is 1.10. The minimum Gasteiger partial charge on any atom is -0.464 e. The molecule has 0 amide bonds. The number of ether oxygens (including phenoxy) is 1. The summed E-state index contributed by atoms with van der Waals surface area (Å²) in [6.07, 6.45) is 2.66. The van der Waals surface area contributed by atoms with E-state index in [1.165, 1.54) is 25.6 Å². The molecule has 1 aromatic heterocycles. The van der Waals surface area contributed by atoms with E-state index in [4.69, 9.17) is 0 Å². The predicted molar refractivity (Wildman–Crippen MR) is 73.0 cm³/mol. The Labute approximate surface area is 113 Å². The first-order chi connectivity index (χ1) is 8.67. The van der Waals surface area contributed by atoms with Gasteiger partial charge in [-0.05, 0) is 26.0 Å². The largest absolute Gasteiger partial charge is 0.464 e.